The maximum atomic E-state index is 3.65. The maximum Gasteiger partial charge on any atom is 0.0455 e. The number of aromatic amines is 1. The number of aromatic nitrogens is 1. The van der Waals surface area contributed by atoms with Gasteiger partial charge in [-0.25, -0.2) is 0 Å². The van der Waals surface area contributed by atoms with Crippen LogP contribution in [0.25, 0.3) is 10.9 Å². The molecule has 1 aliphatic rings. The molecule has 20 heavy (non-hydrogen) atoms. The zero-order valence-corrected chi connectivity index (χ0v) is 11.3. The fraction of sp³-hybridized carbons (Fsp3) is 0.222. The number of hydrogen-bond donors (Lipinski definition) is 2. The van der Waals surface area contributed by atoms with Crippen LogP contribution >= 0.6 is 0 Å². The summed E-state index contributed by atoms with van der Waals surface area (Å²) in [6, 6.07) is 20.1. The molecule has 2 nitrogen and oxygen atoms in total. The minimum Gasteiger partial charge on any atom is -0.382 e. The Hall–Kier alpha value is -2.22. The van der Waals surface area contributed by atoms with E-state index in [1.54, 1.807) is 0 Å². The molecule has 100 valence electrons. The molecule has 1 saturated carbocycles. The second-order valence-electron chi connectivity index (χ2n) is 5.70. The van der Waals surface area contributed by atoms with Crippen molar-refractivity contribution < 1.29 is 0 Å². The van der Waals surface area contributed by atoms with Gasteiger partial charge in [-0.2, -0.15) is 0 Å². The van der Waals surface area contributed by atoms with Crippen LogP contribution in [-0.2, 0) is 0 Å². The van der Waals surface area contributed by atoms with E-state index in [1.807, 2.05) is 6.20 Å². The number of fused-ring (bicyclic) bond motifs is 1. The average molecular weight is 262 g/mol. The van der Waals surface area contributed by atoms with E-state index in [0.717, 1.165) is 5.92 Å². The van der Waals surface area contributed by atoms with Crippen LogP contribution in [0.3, 0.4) is 0 Å². The van der Waals surface area contributed by atoms with Crippen molar-refractivity contribution in [3.63, 3.8) is 0 Å². The molecule has 0 atom stereocenters. The van der Waals surface area contributed by atoms with E-state index in [4.69, 9.17) is 0 Å². The second kappa shape index (κ2) is 4.71. The van der Waals surface area contributed by atoms with Gasteiger partial charge >= 0.3 is 0 Å². The van der Waals surface area contributed by atoms with Gasteiger partial charge in [-0.3, -0.25) is 0 Å². The summed E-state index contributed by atoms with van der Waals surface area (Å²) in [5.74, 6) is 0.727. The summed E-state index contributed by atoms with van der Waals surface area (Å²) >= 11 is 0. The van der Waals surface area contributed by atoms with E-state index in [0.29, 0.717) is 6.04 Å². The topological polar surface area (TPSA) is 27.8 Å². The van der Waals surface area contributed by atoms with Gasteiger partial charge in [0.15, 0.2) is 0 Å². The number of nitrogens with one attached hydrogen (secondary N) is 2. The summed E-state index contributed by atoms with van der Waals surface area (Å²) in [5, 5.41) is 4.92. The molecule has 4 rings (SSSR count). The number of rotatable bonds is 3. The third kappa shape index (κ3) is 2.07. The van der Waals surface area contributed by atoms with Crippen LogP contribution in [0.5, 0.6) is 0 Å². The molecule has 2 N–H and O–H groups in total. The number of H-pyrrole nitrogens is 1. The molecule has 0 aliphatic heterocycles. The summed E-state index contributed by atoms with van der Waals surface area (Å²) in [4.78, 5) is 3.23. The third-order valence-electron chi connectivity index (χ3n) is 4.33. The van der Waals surface area contributed by atoms with Crippen molar-refractivity contribution >= 4 is 16.6 Å². The number of anilines is 1. The van der Waals surface area contributed by atoms with Crippen LogP contribution in [0.4, 0.5) is 5.69 Å². The molecule has 0 amide bonds. The highest BCUT2D eigenvalue weighted by molar-refractivity contribution is 5.83. The Morgan fingerprint density at radius 3 is 2.65 bits per heavy atom. The Bertz CT molecular complexity index is 708. The Labute approximate surface area is 118 Å². The highest BCUT2D eigenvalue weighted by Crippen LogP contribution is 2.38. The molecule has 1 aromatic heterocycles. The van der Waals surface area contributed by atoms with Gasteiger partial charge in [-0.15, -0.1) is 0 Å². The second-order valence-corrected chi connectivity index (χ2v) is 5.70. The lowest BCUT2D eigenvalue weighted by atomic mass is 9.76. The van der Waals surface area contributed by atoms with Gasteiger partial charge in [0, 0.05) is 28.8 Å². The molecular formula is C18H18N2. The summed E-state index contributed by atoms with van der Waals surface area (Å²) in [6.45, 7) is 0. The minimum atomic E-state index is 0.608. The van der Waals surface area contributed by atoms with Crippen LogP contribution < -0.4 is 5.32 Å². The Balaban J connectivity index is 1.41. The molecule has 0 spiro atoms. The molecule has 1 fully saturated rings. The normalized spacial score (nSPS) is 21.6. The molecule has 0 saturated heterocycles. The van der Waals surface area contributed by atoms with Crippen molar-refractivity contribution in [1.82, 2.24) is 4.98 Å². The lowest BCUT2D eigenvalue weighted by Gasteiger charge is -2.37. The van der Waals surface area contributed by atoms with E-state index in [1.165, 1.54) is 35.0 Å². The SMILES string of the molecule is c1ccc(C2CC(Nc3ccc4[nH]ccc4c3)C2)cc1. The van der Waals surface area contributed by atoms with Gasteiger partial charge in [0.05, 0.1) is 0 Å². The van der Waals surface area contributed by atoms with Gasteiger partial charge in [0.25, 0.3) is 0 Å². The quantitative estimate of drug-likeness (QED) is 0.713. The molecule has 2 aromatic carbocycles. The highest BCUT2D eigenvalue weighted by atomic mass is 14.9. The standard InChI is InChI=1S/C18H18N2/c1-2-4-13(5-3-1)15-11-17(12-15)20-16-6-7-18-14(10-16)8-9-19-18/h1-10,15,17,19-20H,11-12H2. The predicted molar refractivity (Wildman–Crippen MR) is 84.1 cm³/mol. The van der Waals surface area contributed by atoms with Gasteiger partial charge < -0.3 is 10.3 Å². The van der Waals surface area contributed by atoms with E-state index in [-0.39, 0.29) is 0 Å². The van der Waals surface area contributed by atoms with E-state index in [9.17, 15) is 0 Å². The summed E-state index contributed by atoms with van der Waals surface area (Å²) in [6.07, 6.45) is 4.45. The largest absolute Gasteiger partial charge is 0.382 e. The lowest BCUT2D eigenvalue weighted by molar-refractivity contribution is 0.374. The van der Waals surface area contributed by atoms with Crippen LogP contribution in [0.2, 0.25) is 0 Å². The first kappa shape index (κ1) is 11.6. The fourth-order valence-electron chi connectivity index (χ4n) is 3.11. The van der Waals surface area contributed by atoms with Gasteiger partial charge in [-0.05, 0) is 48.6 Å². The van der Waals surface area contributed by atoms with Crippen molar-refractivity contribution in [2.24, 2.45) is 0 Å². The highest BCUT2D eigenvalue weighted by Gasteiger charge is 2.29. The Morgan fingerprint density at radius 1 is 0.950 bits per heavy atom. The lowest BCUT2D eigenvalue weighted by Crippen LogP contribution is -2.33. The summed E-state index contributed by atoms with van der Waals surface area (Å²) in [5.41, 5.74) is 3.91. The summed E-state index contributed by atoms with van der Waals surface area (Å²) in [7, 11) is 0. The monoisotopic (exact) mass is 262 g/mol. The first-order chi connectivity index (χ1) is 9.88. The third-order valence-corrected chi connectivity index (χ3v) is 4.33. The first-order valence-corrected chi connectivity index (χ1v) is 7.27. The average Bonchev–Trinajstić information content (AvgIpc) is 2.91. The molecule has 0 unspecified atom stereocenters. The number of benzene rings is 2. The van der Waals surface area contributed by atoms with Gasteiger partial charge in [-0.1, -0.05) is 30.3 Å². The molecule has 3 aromatic rings. The smallest absolute Gasteiger partial charge is 0.0455 e. The van der Waals surface area contributed by atoms with Crippen molar-refractivity contribution in [1.29, 1.82) is 0 Å². The van der Waals surface area contributed by atoms with Crippen molar-refractivity contribution in [3.8, 4) is 0 Å². The molecule has 2 heteroatoms. The van der Waals surface area contributed by atoms with E-state index < -0.39 is 0 Å². The van der Waals surface area contributed by atoms with Crippen molar-refractivity contribution in [2.75, 3.05) is 5.32 Å². The molecule has 1 heterocycles. The van der Waals surface area contributed by atoms with Crippen molar-refractivity contribution in [2.45, 2.75) is 24.8 Å². The zero-order valence-electron chi connectivity index (χ0n) is 11.3. The zero-order chi connectivity index (χ0) is 13.4. The van der Waals surface area contributed by atoms with E-state index >= 15 is 0 Å². The summed E-state index contributed by atoms with van der Waals surface area (Å²) < 4.78 is 0. The van der Waals surface area contributed by atoms with Gasteiger partial charge in [0.2, 0.25) is 0 Å². The maximum absolute atomic E-state index is 3.65. The minimum absolute atomic E-state index is 0.608. The van der Waals surface area contributed by atoms with Crippen LogP contribution in [-0.4, -0.2) is 11.0 Å². The Morgan fingerprint density at radius 2 is 1.80 bits per heavy atom. The molecule has 1 aliphatic carbocycles. The fourth-order valence-corrected chi connectivity index (χ4v) is 3.11. The van der Waals surface area contributed by atoms with Crippen LogP contribution in [0, 0.1) is 0 Å². The predicted octanol–water partition coefficient (Wildman–Crippen LogP) is 4.53. The van der Waals surface area contributed by atoms with Gasteiger partial charge in [0.1, 0.15) is 0 Å². The van der Waals surface area contributed by atoms with E-state index in [2.05, 4.69) is 64.9 Å². The first-order valence-electron chi connectivity index (χ1n) is 7.27. The Kier molecular flexibility index (Phi) is 2.73. The molecule has 0 radical (unpaired) electrons. The molecular weight excluding hydrogens is 244 g/mol. The van der Waals surface area contributed by atoms with Crippen LogP contribution in [0.1, 0.15) is 24.3 Å². The van der Waals surface area contributed by atoms with Crippen LogP contribution in [0.15, 0.2) is 60.8 Å². The molecule has 0 bridgehead atoms. The number of hydrogen-bond acceptors (Lipinski definition) is 1. The van der Waals surface area contributed by atoms with Crippen molar-refractivity contribution in [3.05, 3.63) is 66.4 Å².